The fourth-order valence-corrected chi connectivity index (χ4v) is 14.9. The lowest BCUT2D eigenvalue weighted by molar-refractivity contribution is -0.310. The highest BCUT2D eigenvalue weighted by Crippen LogP contribution is 2.36. The molecule has 0 spiro atoms. The Balaban J connectivity index is 0.949. The van der Waals surface area contributed by atoms with E-state index in [1.165, 1.54) is 43.5 Å². The van der Waals surface area contributed by atoms with Gasteiger partial charge in [-0.2, -0.15) is 0 Å². The minimum atomic E-state index is -1.50. The average molecular weight is 2130 g/mol. The van der Waals surface area contributed by atoms with Crippen LogP contribution in [0, 0.1) is 5.41 Å². The maximum Gasteiger partial charge on any atom is 0.303 e. The van der Waals surface area contributed by atoms with Gasteiger partial charge in [0.2, 0.25) is 0 Å². The molecule has 0 amide bonds. The molecular formula is C89H128N12O48. The van der Waals surface area contributed by atoms with Gasteiger partial charge < -0.3 is 152 Å². The van der Waals surface area contributed by atoms with E-state index in [1.807, 2.05) is 0 Å². The predicted octanol–water partition coefficient (Wildman–Crippen LogP) is -2.33. The van der Waals surface area contributed by atoms with E-state index in [0.717, 1.165) is 111 Å². The van der Waals surface area contributed by atoms with Gasteiger partial charge in [-0.05, 0) is 0 Å². The molecule has 4 aromatic heterocycles. The molecule has 0 unspecified atom stereocenters. The van der Waals surface area contributed by atoms with Crippen LogP contribution >= 0.6 is 0 Å². The summed E-state index contributed by atoms with van der Waals surface area (Å²) < 4.78 is 190. The van der Waals surface area contributed by atoms with Gasteiger partial charge in [0, 0.05) is 111 Å². The normalized spacial score (nSPS) is 23.6. The molecule has 0 saturated carbocycles. The molecule has 4 aliphatic heterocycles. The van der Waals surface area contributed by atoms with Crippen molar-refractivity contribution in [3.63, 3.8) is 0 Å². The Morgan fingerprint density at radius 3 is 0.570 bits per heavy atom. The quantitative estimate of drug-likeness (QED) is 0.0254. The van der Waals surface area contributed by atoms with Crippen molar-refractivity contribution in [3.8, 4) is 0 Å². The number of hydrogen-bond donors (Lipinski definition) is 0. The zero-order valence-electron chi connectivity index (χ0n) is 85.1. The van der Waals surface area contributed by atoms with Gasteiger partial charge in [-0.15, -0.1) is 20.4 Å². The van der Waals surface area contributed by atoms with Crippen molar-refractivity contribution < 1.29 is 228 Å². The van der Waals surface area contributed by atoms with Crippen LogP contribution in [0.3, 0.4) is 0 Å². The Kier molecular flexibility index (Phi) is 51.3. The summed E-state index contributed by atoms with van der Waals surface area (Å²) in [5.41, 5.74) is -0.158. The van der Waals surface area contributed by atoms with E-state index in [0.29, 0.717) is 0 Å². The molecule has 4 aromatic rings. The standard InChI is InChI=1S/C89H128N12O48/c1-49(102)126-41-69-73(134-53(5)106)77(138-57(9)110)81(142-61(13)114)85(146-69)130-37-65-33-98(94-90-65)17-21-118-25-29-122-45-89(46-123-30-26-119-22-18-99-34-66(91-95-99)38-131-86-82(143-62(14)115)78(139-58(10)111)74(135-54(6)107)70(147-86)42-127-50(2)103,47-124-31-27-120-23-19-100-35-67(92-96-100)39-132-87-83(144-63(15)116)79(140-59(11)112)75(136-55(7)108)71(148-87)43-128-51(3)104)48-125-32-28-121-24-20-101-36-68(93-97-101)40-133-88-84(145-64(16)117)80(141-60(12)113)76(137-56(8)109)72(149-88)44-129-52(4)105/h33-36,69-88H,17-32,37-48H2,1-16H3/t69-,70-,71-,72-,73-,74-,75-,76-,77+,78+,79+,80+,81-,82-,83-,84-,85+,86+,87+,88+/m1/s1. The number of carbonyl (C=O) groups excluding carboxylic acids is 16. The third-order valence-corrected chi connectivity index (χ3v) is 20.7. The van der Waals surface area contributed by atoms with Crippen LogP contribution in [0.4, 0.5) is 0 Å². The second-order valence-electron chi connectivity index (χ2n) is 33.6. The van der Waals surface area contributed by atoms with Gasteiger partial charge in [0.15, 0.2) is 98.4 Å². The van der Waals surface area contributed by atoms with Gasteiger partial charge in [-0.1, -0.05) is 20.9 Å². The molecule has 4 saturated heterocycles. The van der Waals surface area contributed by atoms with Gasteiger partial charge in [0.25, 0.3) is 0 Å². The van der Waals surface area contributed by atoms with E-state index in [-0.39, 0.29) is 181 Å². The number of carbonyl (C=O) groups is 16. The third kappa shape index (κ3) is 43.5. The molecule has 149 heavy (non-hydrogen) atoms. The fraction of sp³-hybridized carbons (Fsp3) is 0.730. The average Bonchev–Trinajstić information content (AvgIpc) is 1.79. The third-order valence-electron chi connectivity index (χ3n) is 20.7. The van der Waals surface area contributed by atoms with Crippen molar-refractivity contribution in [2.45, 2.75) is 286 Å². The zero-order valence-corrected chi connectivity index (χ0v) is 85.1. The highest BCUT2D eigenvalue weighted by Gasteiger charge is 2.58. The van der Waals surface area contributed by atoms with E-state index < -0.39 is 250 Å². The van der Waals surface area contributed by atoms with E-state index in [2.05, 4.69) is 41.2 Å². The van der Waals surface area contributed by atoms with Crippen LogP contribution in [-0.4, -0.2) is 410 Å². The number of ether oxygens (including phenoxy) is 32. The Morgan fingerprint density at radius 2 is 0.396 bits per heavy atom. The lowest BCUT2D eigenvalue weighted by Crippen LogP contribution is -2.62. The molecule has 0 aliphatic carbocycles. The molecule has 8 rings (SSSR count). The van der Waals surface area contributed by atoms with Crippen LogP contribution in [0.15, 0.2) is 24.8 Å². The monoisotopic (exact) mass is 2130 g/mol. The van der Waals surface area contributed by atoms with Crippen LogP contribution < -0.4 is 0 Å². The maximum absolute atomic E-state index is 12.5. The first kappa shape index (κ1) is 122. The van der Waals surface area contributed by atoms with Crippen molar-refractivity contribution in [1.82, 2.24) is 60.0 Å². The first-order chi connectivity index (χ1) is 71.0. The van der Waals surface area contributed by atoms with Crippen molar-refractivity contribution in [2.24, 2.45) is 5.41 Å². The first-order valence-corrected chi connectivity index (χ1v) is 46.9. The zero-order chi connectivity index (χ0) is 109. The van der Waals surface area contributed by atoms with Gasteiger partial charge in [-0.3, -0.25) is 76.7 Å². The van der Waals surface area contributed by atoms with Crippen molar-refractivity contribution in [1.29, 1.82) is 0 Å². The van der Waals surface area contributed by atoms with Gasteiger partial charge in [-0.25, -0.2) is 18.7 Å². The first-order valence-electron chi connectivity index (χ1n) is 46.9. The smallest absolute Gasteiger partial charge is 0.303 e. The molecular weight excluding hydrogens is 2010 g/mol. The number of hydrogen-bond acceptors (Lipinski definition) is 56. The van der Waals surface area contributed by atoms with Gasteiger partial charge >= 0.3 is 95.5 Å². The molecule has 60 heteroatoms. The summed E-state index contributed by atoms with van der Waals surface area (Å²) in [6, 6.07) is 0. The second-order valence-corrected chi connectivity index (χ2v) is 33.6. The Labute approximate surface area is 852 Å². The topological polar surface area (TPSA) is 691 Å². The van der Waals surface area contributed by atoms with Crippen molar-refractivity contribution in [2.75, 3.05) is 132 Å². The number of aromatic nitrogens is 12. The second kappa shape index (κ2) is 62.8. The van der Waals surface area contributed by atoms with Gasteiger partial charge in [0.05, 0.1) is 189 Å². The Bertz CT molecular complexity index is 4380. The summed E-state index contributed by atoms with van der Waals surface area (Å²) in [6.07, 6.45) is -22.6. The lowest BCUT2D eigenvalue weighted by Gasteiger charge is -2.43. The SMILES string of the molecule is CC(=O)OC[C@H]1O[C@H](OCc2cn(CCOCCOCC(COCCOCCn3cc(CO[C@H]4O[C@H](COC(C)=O)[C@@H](OC(C)=O)[C@H](OC(C)=O)[C@H]4OC(C)=O)nn3)(COCCOCCn3cc(CO[C@H]4O[C@H](COC(C)=O)[C@@H](OC(C)=O)[C@H](OC(C)=O)[C@H]4OC(C)=O)nn3)COCCOCCn3cc(CO[C@H]4O[C@H](COC(C)=O)[C@@H](OC(C)=O)[C@H](OC(C)=O)[C@H]4OC(C)=O)nn3)nn2)[C@H](OC(C)=O)[C@@H](OC(C)=O)[C@@H]1OC(C)=O. The highest BCUT2D eigenvalue weighted by atomic mass is 16.8. The van der Waals surface area contributed by atoms with Crippen LogP contribution in [0.5, 0.6) is 0 Å². The predicted molar refractivity (Wildman–Crippen MR) is 476 cm³/mol. The summed E-state index contributed by atoms with van der Waals surface area (Å²) >= 11 is 0. The molecule has 0 N–H and O–H groups in total. The Morgan fingerprint density at radius 1 is 0.228 bits per heavy atom. The molecule has 4 aliphatic rings. The van der Waals surface area contributed by atoms with Crippen LogP contribution in [0.1, 0.15) is 134 Å². The van der Waals surface area contributed by atoms with E-state index in [4.69, 9.17) is 152 Å². The molecule has 832 valence electrons. The molecule has 20 atom stereocenters. The number of esters is 16. The summed E-state index contributed by atoms with van der Waals surface area (Å²) in [4.78, 5) is 196. The summed E-state index contributed by atoms with van der Waals surface area (Å²) in [6.45, 7) is 14.8. The summed E-state index contributed by atoms with van der Waals surface area (Å²) in [5, 5.41) is 33.4. The van der Waals surface area contributed by atoms with Crippen LogP contribution in [0.2, 0.25) is 0 Å². The minimum Gasteiger partial charge on any atom is -0.463 e. The van der Waals surface area contributed by atoms with Crippen LogP contribution in [0.25, 0.3) is 0 Å². The largest absolute Gasteiger partial charge is 0.463 e. The molecule has 0 bridgehead atoms. The minimum absolute atomic E-state index is 0.00639. The number of nitrogens with zero attached hydrogens (tertiary/aromatic N) is 12. The molecule has 0 aromatic carbocycles. The van der Waals surface area contributed by atoms with Crippen molar-refractivity contribution in [3.05, 3.63) is 47.6 Å². The summed E-state index contributed by atoms with van der Waals surface area (Å²) in [7, 11) is 0. The van der Waals surface area contributed by atoms with Crippen LogP contribution in [-0.2, 0) is 281 Å². The van der Waals surface area contributed by atoms with E-state index >= 15 is 0 Å². The number of rotatable bonds is 64. The molecule has 4 fully saturated rings. The maximum atomic E-state index is 12.5. The fourth-order valence-electron chi connectivity index (χ4n) is 14.9. The highest BCUT2D eigenvalue weighted by molar-refractivity contribution is 5.72. The van der Waals surface area contributed by atoms with Gasteiger partial charge in [0.1, 0.15) is 73.6 Å². The molecule has 60 nitrogen and oxygen atoms in total. The lowest BCUT2D eigenvalue weighted by atomic mass is 9.92. The molecule has 8 heterocycles. The van der Waals surface area contributed by atoms with E-state index in [1.54, 1.807) is 0 Å². The summed E-state index contributed by atoms with van der Waals surface area (Å²) in [5.74, 6) is -12.8. The Hall–Kier alpha value is -12.6. The molecule has 0 radical (unpaired) electrons. The van der Waals surface area contributed by atoms with Crippen molar-refractivity contribution >= 4 is 95.5 Å². The van der Waals surface area contributed by atoms with E-state index in [9.17, 15) is 76.7 Å².